The number of ether oxygens (including phenoxy) is 2. The summed E-state index contributed by atoms with van der Waals surface area (Å²) in [7, 11) is 1.22. The molecule has 0 radical (unpaired) electrons. The molecule has 0 bridgehead atoms. The quantitative estimate of drug-likeness (QED) is 0.776. The number of phenols is 1. The number of rotatable bonds is 3. The lowest BCUT2D eigenvalue weighted by molar-refractivity contribution is -0.140. The Morgan fingerprint density at radius 3 is 2.48 bits per heavy atom. The van der Waals surface area contributed by atoms with Crippen LogP contribution in [0.3, 0.4) is 0 Å². The van der Waals surface area contributed by atoms with Crippen LogP contribution in [0, 0.1) is 5.92 Å². The molecule has 8 nitrogen and oxygen atoms in total. The number of carboxylic acid groups (broad SMARTS) is 1. The first-order chi connectivity index (χ1) is 11.6. The third-order valence-corrected chi connectivity index (χ3v) is 4.58. The number of aromatic hydroxyl groups is 1. The zero-order chi connectivity index (χ0) is 18.7. The maximum atomic E-state index is 12.9. The molecule has 1 aliphatic heterocycles. The van der Waals surface area contributed by atoms with Gasteiger partial charge in [-0.2, -0.15) is 0 Å². The summed E-state index contributed by atoms with van der Waals surface area (Å²) in [6.07, 6.45) is 1.00. The minimum absolute atomic E-state index is 0.0966. The van der Waals surface area contributed by atoms with Gasteiger partial charge in [0.2, 0.25) is 0 Å². The van der Waals surface area contributed by atoms with E-state index in [0.717, 1.165) is 19.1 Å². The second-order valence-electron chi connectivity index (χ2n) is 6.03. The third kappa shape index (κ3) is 2.00. The molecular formula is C17H14O8. The number of aromatic carboxylic acids is 1. The maximum Gasteiger partial charge on any atom is 0.343 e. The Balaban J connectivity index is 2.36. The van der Waals surface area contributed by atoms with Crippen molar-refractivity contribution in [3.8, 4) is 17.2 Å². The summed E-state index contributed by atoms with van der Waals surface area (Å²) in [5.41, 5.74) is -2.12. The average molecular weight is 346 g/mol. The van der Waals surface area contributed by atoms with Gasteiger partial charge in [0, 0.05) is 12.1 Å². The number of carbonyl (C=O) groups is 4. The Labute approximate surface area is 141 Å². The smallest absolute Gasteiger partial charge is 0.343 e. The molecule has 0 spiro atoms. The second-order valence-corrected chi connectivity index (χ2v) is 6.03. The van der Waals surface area contributed by atoms with Crippen molar-refractivity contribution in [3.05, 3.63) is 29.0 Å². The lowest BCUT2D eigenvalue weighted by Gasteiger charge is -2.30. The van der Waals surface area contributed by atoms with Gasteiger partial charge in [0.15, 0.2) is 17.3 Å². The van der Waals surface area contributed by atoms with Crippen LogP contribution >= 0.6 is 0 Å². The van der Waals surface area contributed by atoms with Crippen molar-refractivity contribution < 1.29 is 38.9 Å². The molecule has 2 atom stereocenters. The minimum atomic E-state index is -1.64. The number of Topliss-reactive ketones (excluding diaryl/α,β-unsaturated/α-hetero) is 2. The van der Waals surface area contributed by atoms with E-state index in [1.165, 1.54) is 14.0 Å². The lowest BCUT2D eigenvalue weighted by atomic mass is 9.67. The first kappa shape index (κ1) is 16.7. The SMILES string of the molecule is COc1cc(O)c2c(c1C(=O)O)OC1=CC(=O)C(C(C)=O)C(=O)[C@]12C. The number of benzene rings is 1. The fraction of sp³-hybridized carbons (Fsp3) is 0.294. The zero-order valence-corrected chi connectivity index (χ0v) is 13.6. The highest BCUT2D eigenvalue weighted by Gasteiger charge is 2.58. The molecule has 1 aliphatic carbocycles. The molecule has 2 N–H and O–H groups in total. The molecular weight excluding hydrogens is 332 g/mol. The van der Waals surface area contributed by atoms with E-state index in [9.17, 15) is 29.4 Å². The Bertz CT molecular complexity index is 894. The molecule has 1 aromatic rings. The number of hydrogen-bond acceptors (Lipinski definition) is 7. The molecule has 130 valence electrons. The van der Waals surface area contributed by atoms with Crippen molar-refractivity contribution in [2.75, 3.05) is 7.11 Å². The highest BCUT2D eigenvalue weighted by molar-refractivity contribution is 6.27. The van der Waals surface area contributed by atoms with E-state index in [2.05, 4.69) is 0 Å². The van der Waals surface area contributed by atoms with Gasteiger partial charge in [-0.3, -0.25) is 14.4 Å². The predicted molar refractivity (Wildman–Crippen MR) is 81.9 cm³/mol. The van der Waals surface area contributed by atoms with Crippen LogP contribution in [-0.2, 0) is 19.8 Å². The highest BCUT2D eigenvalue weighted by atomic mass is 16.5. The number of allylic oxidation sites excluding steroid dienone is 2. The number of carbonyl (C=O) groups excluding carboxylic acids is 3. The van der Waals surface area contributed by atoms with Crippen LogP contribution in [0.15, 0.2) is 17.9 Å². The number of fused-ring (bicyclic) bond motifs is 3. The van der Waals surface area contributed by atoms with Crippen molar-refractivity contribution in [2.45, 2.75) is 19.3 Å². The Morgan fingerprint density at radius 1 is 1.32 bits per heavy atom. The molecule has 25 heavy (non-hydrogen) atoms. The molecule has 0 saturated carbocycles. The molecule has 0 fully saturated rings. The first-order valence-corrected chi connectivity index (χ1v) is 7.31. The third-order valence-electron chi connectivity index (χ3n) is 4.58. The molecule has 3 rings (SSSR count). The van der Waals surface area contributed by atoms with E-state index < -0.39 is 40.4 Å². The van der Waals surface area contributed by atoms with Gasteiger partial charge >= 0.3 is 5.97 Å². The number of hydrogen-bond donors (Lipinski definition) is 2. The second kappa shape index (κ2) is 5.17. The summed E-state index contributed by atoms with van der Waals surface area (Å²) in [5.74, 6) is -6.02. The van der Waals surface area contributed by atoms with Crippen molar-refractivity contribution in [1.82, 2.24) is 0 Å². The van der Waals surface area contributed by atoms with Gasteiger partial charge in [-0.15, -0.1) is 0 Å². The fourth-order valence-corrected chi connectivity index (χ4v) is 3.34. The minimum Gasteiger partial charge on any atom is -0.507 e. The molecule has 2 aliphatic rings. The van der Waals surface area contributed by atoms with E-state index >= 15 is 0 Å². The number of phenolic OH excluding ortho intramolecular Hbond substituents is 1. The summed E-state index contributed by atoms with van der Waals surface area (Å²) in [6.45, 7) is 2.50. The van der Waals surface area contributed by atoms with Crippen LogP contribution in [-0.4, -0.2) is 40.6 Å². The molecule has 0 aromatic heterocycles. The monoisotopic (exact) mass is 346 g/mol. The predicted octanol–water partition coefficient (Wildman–Crippen LogP) is 0.990. The number of ketones is 3. The first-order valence-electron chi connectivity index (χ1n) is 7.31. The number of carboxylic acids is 1. The van der Waals surface area contributed by atoms with E-state index in [4.69, 9.17) is 9.47 Å². The molecule has 0 saturated heterocycles. The van der Waals surface area contributed by atoms with Crippen LogP contribution in [0.2, 0.25) is 0 Å². The van der Waals surface area contributed by atoms with E-state index in [1.54, 1.807) is 0 Å². The summed E-state index contributed by atoms with van der Waals surface area (Å²) in [4.78, 5) is 48.3. The van der Waals surface area contributed by atoms with Gasteiger partial charge in [0.25, 0.3) is 0 Å². The van der Waals surface area contributed by atoms with Gasteiger partial charge in [-0.05, 0) is 13.8 Å². The molecule has 1 unspecified atom stereocenters. The normalized spacial score (nSPS) is 24.1. The zero-order valence-electron chi connectivity index (χ0n) is 13.6. The maximum absolute atomic E-state index is 12.9. The summed E-state index contributed by atoms with van der Waals surface area (Å²) in [5, 5.41) is 19.8. The van der Waals surface area contributed by atoms with E-state index in [1.807, 2.05) is 0 Å². The summed E-state index contributed by atoms with van der Waals surface area (Å²) >= 11 is 0. The van der Waals surface area contributed by atoms with Gasteiger partial charge < -0.3 is 19.7 Å². The number of methoxy groups -OCH3 is 1. The standard InChI is InChI=1S/C17H14O8/c1-6(18)11-7(19)5-10-17(2,15(11)21)13-8(20)4-9(24-3)12(16(22)23)14(13)25-10/h4-5,11,20H,1-3H3,(H,22,23)/t11?,17-/m1/s1. The van der Waals surface area contributed by atoms with Gasteiger partial charge in [-0.25, -0.2) is 4.79 Å². The average Bonchev–Trinajstić information content (AvgIpc) is 2.80. The van der Waals surface area contributed by atoms with Crippen molar-refractivity contribution in [2.24, 2.45) is 5.92 Å². The topological polar surface area (TPSA) is 127 Å². The summed E-state index contributed by atoms with van der Waals surface area (Å²) in [6, 6.07) is 1.06. The van der Waals surface area contributed by atoms with Crippen LogP contribution in [0.4, 0.5) is 0 Å². The lowest BCUT2D eigenvalue weighted by Crippen LogP contribution is -2.47. The summed E-state index contributed by atoms with van der Waals surface area (Å²) < 4.78 is 10.4. The van der Waals surface area contributed by atoms with Crippen LogP contribution in [0.25, 0.3) is 0 Å². The largest absolute Gasteiger partial charge is 0.507 e. The van der Waals surface area contributed by atoms with Crippen LogP contribution in [0.5, 0.6) is 17.2 Å². The van der Waals surface area contributed by atoms with E-state index in [-0.39, 0.29) is 28.4 Å². The van der Waals surface area contributed by atoms with Crippen molar-refractivity contribution in [3.63, 3.8) is 0 Å². The van der Waals surface area contributed by atoms with Crippen molar-refractivity contribution >= 4 is 23.3 Å². The highest BCUT2D eigenvalue weighted by Crippen LogP contribution is 2.56. The van der Waals surface area contributed by atoms with Gasteiger partial charge in [-0.1, -0.05) is 0 Å². The Kier molecular flexibility index (Phi) is 3.45. The Hall–Kier alpha value is -3.16. The fourth-order valence-electron chi connectivity index (χ4n) is 3.34. The van der Waals surface area contributed by atoms with Gasteiger partial charge in [0.1, 0.15) is 39.9 Å². The van der Waals surface area contributed by atoms with Crippen LogP contribution in [0.1, 0.15) is 29.8 Å². The van der Waals surface area contributed by atoms with Gasteiger partial charge in [0.05, 0.1) is 12.7 Å². The van der Waals surface area contributed by atoms with E-state index in [0.29, 0.717) is 0 Å². The Morgan fingerprint density at radius 2 is 1.96 bits per heavy atom. The molecule has 0 amide bonds. The molecule has 8 heteroatoms. The molecule has 1 aromatic carbocycles. The molecule has 1 heterocycles. The van der Waals surface area contributed by atoms with Crippen molar-refractivity contribution in [1.29, 1.82) is 0 Å². The van der Waals surface area contributed by atoms with Crippen LogP contribution < -0.4 is 9.47 Å².